The highest BCUT2D eigenvalue weighted by Crippen LogP contribution is 2.31. The summed E-state index contributed by atoms with van der Waals surface area (Å²) in [6.45, 7) is 7.79. The lowest BCUT2D eigenvalue weighted by Crippen LogP contribution is -2.40. The van der Waals surface area contributed by atoms with Gasteiger partial charge in [-0.25, -0.2) is 0 Å². The molecule has 1 aliphatic rings. The van der Waals surface area contributed by atoms with Gasteiger partial charge < -0.3 is 16.0 Å². The van der Waals surface area contributed by atoms with Gasteiger partial charge in [-0.1, -0.05) is 35.9 Å². The number of carbonyl (C=O) groups is 1. The Hall–Kier alpha value is -2.82. The number of anilines is 1. The van der Waals surface area contributed by atoms with Crippen LogP contribution in [0.25, 0.3) is 0 Å². The van der Waals surface area contributed by atoms with Crippen LogP contribution in [-0.4, -0.2) is 25.5 Å². The van der Waals surface area contributed by atoms with Gasteiger partial charge in [0.25, 0.3) is 0 Å². The fourth-order valence-electron chi connectivity index (χ4n) is 3.79. The molecule has 3 N–H and O–H groups in total. The Bertz CT molecular complexity index is 849. The smallest absolute Gasteiger partial charge is 0.225 e. The van der Waals surface area contributed by atoms with Crippen LogP contribution < -0.4 is 16.0 Å². The molecule has 0 saturated carbocycles. The lowest BCUT2D eigenvalue weighted by molar-refractivity contribution is -0.116. The Kier molecular flexibility index (Phi) is 5.79. The normalized spacial score (nSPS) is 16.5. The minimum Gasteiger partial charge on any atom is -0.356 e. The molecule has 5 heteroatoms. The van der Waals surface area contributed by atoms with Crippen molar-refractivity contribution in [3.05, 3.63) is 64.2 Å². The summed E-state index contributed by atoms with van der Waals surface area (Å²) in [5.74, 6) is 0.948. The lowest BCUT2D eigenvalue weighted by atomic mass is 9.90. The van der Waals surface area contributed by atoms with E-state index >= 15 is 0 Å². The predicted molar refractivity (Wildman–Crippen MR) is 111 cm³/mol. The number of carbonyl (C=O) groups excluding carboxylic acids is 1. The third kappa shape index (κ3) is 4.48. The van der Waals surface area contributed by atoms with Crippen molar-refractivity contribution >= 4 is 17.6 Å². The average Bonchev–Trinajstić information content (AvgIpc) is 2.62. The van der Waals surface area contributed by atoms with Gasteiger partial charge in [-0.05, 0) is 49.1 Å². The van der Waals surface area contributed by atoms with Crippen molar-refractivity contribution in [2.45, 2.75) is 39.7 Å². The molecular formula is C22H28N4O. The minimum atomic E-state index is 0.0642. The molecule has 2 aromatic carbocycles. The first-order chi connectivity index (χ1) is 13.0. The number of fused-ring (bicyclic) bond motifs is 1. The van der Waals surface area contributed by atoms with Crippen LogP contribution in [0, 0.1) is 20.8 Å². The summed E-state index contributed by atoms with van der Waals surface area (Å²) in [5, 5.41) is 9.72. The molecule has 27 heavy (non-hydrogen) atoms. The zero-order valence-corrected chi connectivity index (χ0v) is 16.5. The highest BCUT2D eigenvalue weighted by molar-refractivity contribution is 5.94. The van der Waals surface area contributed by atoms with Crippen molar-refractivity contribution in [1.29, 1.82) is 0 Å². The number of rotatable bonds is 4. The van der Waals surface area contributed by atoms with E-state index in [4.69, 9.17) is 0 Å². The summed E-state index contributed by atoms with van der Waals surface area (Å²) >= 11 is 0. The molecular weight excluding hydrogens is 336 g/mol. The first-order valence-electron chi connectivity index (χ1n) is 9.38. The Labute approximate surface area is 161 Å². The molecule has 1 aliphatic heterocycles. The van der Waals surface area contributed by atoms with E-state index in [1.165, 1.54) is 27.8 Å². The number of aryl methyl sites for hydroxylation is 3. The van der Waals surface area contributed by atoms with Gasteiger partial charge in [0.15, 0.2) is 5.96 Å². The van der Waals surface area contributed by atoms with E-state index in [0.29, 0.717) is 13.0 Å². The fourth-order valence-corrected chi connectivity index (χ4v) is 3.79. The summed E-state index contributed by atoms with van der Waals surface area (Å²) in [5.41, 5.74) is 7.23. The molecule has 1 amide bonds. The monoisotopic (exact) mass is 364 g/mol. The zero-order valence-electron chi connectivity index (χ0n) is 16.5. The van der Waals surface area contributed by atoms with Crippen LogP contribution in [0.3, 0.4) is 0 Å². The second-order valence-corrected chi connectivity index (χ2v) is 7.22. The maximum absolute atomic E-state index is 12.0. The van der Waals surface area contributed by atoms with Gasteiger partial charge in [0.05, 0.1) is 0 Å². The predicted octanol–water partition coefficient (Wildman–Crippen LogP) is 3.40. The third-order valence-corrected chi connectivity index (χ3v) is 5.12. The number of hydrogen-bond donors (Lipinski definition) is 3. The van der Waals surface area contributed by atoms with Gasteiger partial charge in [0, 0.05) is 38.2 Å². The fraction of sp³-hybridized carbons (Fsp3) is 0.364. The second kappa shape index (κ2) is 8.25. The first kappa shape index (κ1) is 19.0. The van der Waals surface area contributed by atoms with E-state index in [1.54, 1.807) is 7.05 Å². The van der Waals surface area contributed by atoms with Gasteiger partial charge in [-0.3, -0.25) is 9.79 Å². The molecule has 142 valence electrons. The van der Waals surface area contributed by atoms with Crippen molar-refractivity contribution in [3.63, 3.8) is 0 Å². The molecule has 5 nitrogen and oxygen atoms in total. The van der Waals surface area contributed by atoms with Crippen molar-refractivity contribution in [3.8, 4) is 0 Å². The summed E-state index contributed by atoms with van der Waals surface area (Å²) in [6, 6.07) is 12.4. The third-order valence-electron chi connectivity index (χ3n) is 5.12. The van der Waals surface area contributed by atoms with E-state index in [0.717, 1.165) is 18.2 Å². The Balaban J connectivity index is 1.63. The number of nitrogens with zero attached hydrogens (tertiary/aromatic N) is 1. The van der Waals surface area contributed by atoms with Gasteiger partial charge in [-0.15, -0.1) is 0 Å². The molecule has 3 rings (SSSR count). The zero-order chi connectivity index (χ0) is 19.4. The molecule has 0 aromatic heterocycles. The topological polar surface area (TPSA) is 65.5 Å². The summed E-state index contributed by atoms with van der Waals surface area (Å²) in [6.07, 6.45) is 0.483. The van der Waals surface area contributed by atoms with Crippen LogP contribution in [0.1, 0.15) is 40.2 Å². The number of nitrogens with one attached hydrogen (secondary N) is 3. The maximum Gasteiger partial charge on any atom is 0.225 e. The van der Waals surface area contributed by atoms with Gasteiger partial charge in [-0.2, -0.15) is 0 Å². The second-order valence-electron chi connectivity index (χ2n) is 7.22. The molecule has 0 radical (unpaired) electrons. The highest BCUT2D eigenvalue weighted by atomic mass is 16.1. The standard InChI is InChI=1S/C22H28N4O/c1-14-9-15(2)19(16(3)10-14)13-25-22(23-4)24-12-17-11-21(27)26-20-8-6-5-7-18(17)20/h5-10,17H,11-13H2,1-4H3,(H,26,27)(H2,23,24,25). The number of para-hydroxylation sites is 1. The molecule has 1 heterocycles. The Morgan fingerprint density at radius 1 is 1.15 bits per heavy atom. The Morgan fingerprint density at radius 3 is 2.56 bits per heavy atom. The molecule has 0 aliphatic carbocycles. The molecule has 0 saturated heterocycles. The molecule has 0 spiro atoms. The Morgan fingerprint density at radius 2 is 1.85 bits per heavy atom. The van der Waals surface area contributed by atoms with E-state index < -0.39 is 0 Å². The van der Waals surface area contributed by atoms with E-state index in [9.17, 15) is 4.79 Å². The van der Waals surface area contributed by atoms with E-state index in [1.807, 2.05) is 18.2 Å². The summed E-state index contributed by atoms with van der Waals surface area (Å²) in [7, 11) is 1.77. The largest absolute Gasteiger partial charge is 0.356 e. The van der Waals surface area contributed by atoms with Gasteiger partial charge >= 0.3 is 0 Å². The highest BCUT2D eigenvalue weighted by Gasteiger charge is 2.24. The van der Waals surface area contributed by atoms with Crippen molar-refractivity contribution < 1.29 is 4.79 Å². The van der Waals surface area contributed by atoms with Crippen molar-refractivity contribution in [1.82, 2.24) is 10.6 Å². The van der Waals surface area contributed by atoms with Crippen LogP contribution in [-0.2, 0) is 11.3 Å². The SMILES string of the molecule is CN=C(NCc1c(C)cc(C)cc1C)NCC1CC(=O)Nc2ccccc21. The summed E-state index contributed by atoms with van der Waals surface area (Å²) in [4.78, 5) is 16.3. The number of benzene rings is 2. The molecule has 1 unspecified atom stereocenters. The summed E-state index contributed by atoms with van der Waals surface area (Å²) < 4.78 is 0. The lowest BCUT2D eigenvalue weighted by Gasteiger charge is -2.26. The molecule has 0 bridgehead atoms. The molecule has 0 fully saturated rings. The number of hydrogen-bond acceptors (Lipinski definition) is 2. The van der Waals surface area contributed by atoms with Crippen molar-refractivity contribution in [2.24, 2.45) is 4.99 Å². The van der Waals surface area contributed by atoms with E-state index in [2.05, 4.69) is 59.9 Å². The number of guanidine groups is 1. The van der Waals surface area contributed by atoms with E-state index in [-0.39, 0.29) is 11.8 Å². The van der Waals surface area contributed by atoms with Crippen LogP contribution >= 0.6 is 0 Å². The van der Waals surface area contributed by atoms with Gasteiger partial charge in [0.1, 0.15) is 0 Å². The average molecular weight is 364 g/mol. The van der Waals surface area contributed by atoms with Crippen molar-refractivity contribution in [2.75, 3.05) is 18.9 Å². The van der Waals surface area contributed by atoms with Crippen LogP contribution in [0.5, 0.6) is 0 Å². The quantitative estimate of drug-likeness (QED) is 0.575. The maximum atomic E-state index is 12.0. The van der Waals surface area contributed by atoms with Crippen LogP contribution in [0.4, 0.5) is 5.69 Å². The first-order valence-corrected chi connectivity index (χ1v) is 9.38. The van der Waals surface area contributed by atoms with Crippen LogP contribution in [0.15, 0.2) is 41.4 Å². The molecule has 1 atom stereocenters. The number of aliphatic imine (C=N–C) groups is 1. The number of amides is 1. The molecule has 2 aromatic rings. The minimum absolute atomic E-state index is 0.0642. The van der Waals surface area contributed by atoms with Gasteiger partial charge in [0.2, 0.25) is 5.91 Å². The van der Waals surface area contributed by atoms with Crippen LogP contribution in [0.2, 0.25) is 0 Å².